The molecule has 3 aromatic carbocycles. The highest BCUT2D eigenvalue weighted by Crippen LogP contribution is 2.35. The van der Waals surface area contributed by atoms with Crippen molar-refractivity contribution >= 4 is 69.5 Å². The monoisotopic (exact) mass is 721 g/mol. The number of aromatic nitrogens is 2. The molecule has 0 aliphatic carbocycles. The average Bonchev–Trinajstić information content (AvgIpc) is 3.61. The third-order valence-corrected chi connectivity index (χ3v) is 9.95. The van der Waals surface area contributed by atoms with E-state index in [0.717, 1.165) is 79.4 Å². The summed E-state index contributed by atoms with van der Waals surface area (Å²) in [7, 11) is 0. The number of carboxylic acids is 1. The maximum atomic E-state index is 13.5. The molecular weight excluding hydrogens is 685 g/mol. The van der Waals surface area contributed by atoms with Crippen molar-refractivity contribution in [1.29, 1.82) is 0 Å². The van der Waals surface area contributed by atoms with Gasteiger partial charge in [-0.1, -0.05) is 110 Å². The SMILES string of the molecule is O=C(O)CCCCCCCCCCN1C(=O)/C(=C/c2cn(-c3ccccc3)nc2-c2ccc(OCc3ccc(Cl)cc3Cl)cc2)SC1=S. The van der Waals surface area contributed by atoms with E-state index in [0.29, 0.717) is 38.2 Å². The number of thiocarbonyl (C=S) groups is 1. The lowest BCUT2D eigenvalue weighted by Crippen LogP contribution is -2.29. The van der Waals surface area contributed by atoms with E-state index in [1.165, 1.54) is 11.8 Å². The summed E-state index contributed by atoms with van der Waals surface area (Å²) in [4.78, 5) is 26.4. The Kier molecular flexibility index (Phi) is 13.1. The molecule has 1 saturated heterocycles. The normalized spacial score (nSPS) is 13.9. The van der Waals surface area contributed by atoms with Crippen molar-refractivity contribution in [3.63, 3.8) is 0 Å². The predicted molar refractivity (Wildman–Crippen MR) is 199 cm³/mol. The van der Waals surface area contributed by atoms with E-state index >= 15 is 0 Å². The number of nitrogens with zero attached hydrogens (tertiary/aromatic N) is 3. The van der Waals surface area contributed by atoms with E-state index < -0.39 is 5.97 Å². The van der Waals surface area contributed by atoms with Crippen molar-refractivity contribution in [2.24, 2.45) is 0 Å². The second-order valence-corrected chi connectivity index (χ2v) is 14.1. The lowest BCUT2D eigenvalue weighted by molar-refractivity contribution is -0.137. The number of hydrogen-bond donors (Lipinski definition) is 1. The Labute approximate surface area is 300 Å². The van der Waals surface area contributed by atoms with Gasteiger partial charge in [0.05, 0.1) is 16.3 Å². The van der Waals surface area contributed by atoms with E-state index in [1.807, 2.05) is 77.6 Å². The smallest absolute Gasteiger partial charge is 0.303 e. The van der Waals surface area contributed by atoms with Crippen LogP contribution >= 0.6 is 47.2 Å². The van der Waals surface area contributed by atoms with Crippen LogP contribution in [0.4, 0.5) is 0 Å². The summed E-state index contributed by atoms with van der Waals surface area (Å²) in [5.41, 5.74) is 4.17. The number of para-hydroxylation sites is 1. The summed E-state index contributed by atoms with van der Waals surface area (Å²) in [6.07, 6.45) is 12.1. The van der Waals surface area contributed by atoms with Crippen LogP contribution in [0.25, 0.3) is 23.0 Å². The molecule has 11 heteroatoms. The van der Waals surface area contributed by atoms with Crippen molar-refractivity contribution in [3.05, 3.63) is 105 Å². The van der Waals surface area contributed by atoms with Crippen LogP contribution in [0.5, 0.6) is 5.75 Å². The van der Waals surface area contributed by atoms with Gasteiger partial charge < -0.3 is 9.84 Å². The van der Waals surface area contributed by atoms with Crippen LogP contribution in [0.2, 0.25) is 10.0 Å². The molecule has 48 heavy (non-hydrogen) atoms. The zero-order valence-electron chi connectivity index (χ0n) is 26.4. The van der Waals surface area contributed by atoms with E-state index in [1.54, 1.807) is 17.0 Å². The van der Waals surface area contributed by atoms with Crippen molar-refractivity contribution in [2.45, 2.75) is 64.4 Å². The first-order valence-electron chi connectivity index (χ1n) is 16.1. The summed E-state index contributed by atoms with van der Waals surface area (Å²) >= 11 is 19.3. The van der Waals surface area contributed by atoms with Crippen molar-refractivity contribution in [3.8, 4) is 22.7 Å². The third-order valence-electron chi connectivity index (χ3n) is 7.98. The average molecular weight is 723 g/mol. The van der Waals surface area contributed by atoms with Gasteiger partial charge in [-0.2, -0.15) is 5.10 Å². The van der Waals surface area contributed by atoms with Crippen LogP contribution in [-0.2, 0) is 16.2 Å². The standard InChI is InChI=1S/C37H37Cl2N3O4S2/c38-29-18-15-27(32(39)23-29)25-46-31-19-16-26(17-20-31)35-28(24-42(40-35)30-12-8-7-9-13-30)22-33-36(45)41(37(47)48-33)21-11-6-4-2-1-3-5-10-14-34(43)44/h7-9,12-13,15-20,22-24H,1-6,10-11,14,21,25H2,(H,43,44)/b33-22-. The van der Waals surface area contributed by atoms with Crippen molar-refractivity contribution in [1.82, 2.24) is 14.7 Å². The number of carboxylic acid groups (broad SMARTS) is 1. The maximum Gasteiger partial charge on any atom is 0.303 e. The molecule has 1 fully saturated rings. The first-order chi connectivity index (χ1) is 23.3. The molecule has 1 N–H and O–H groups in total. The van der Waals surface area contributed by atoms with Gasteiger partial charge in [0.2, 0.25) is 0 Å². The molecule has 0 spiro atoms. The number of rotatable bonds is 17. The molecule has 5 rings (SSSR count). The second kappa shape index (κ2) is 17.7. The Morgan fingerprint density at radius 1 is 0.917 bits per heavy atom. The topological polar surface area (TPSA) is 84.7 Å². The molecule has 0 unspecified atom stereocenters. The first kappa shape index (κ1) is 35.7. The first-order valence-corrected chi connectivity index (χ1v) is 18.1. The Bertz CT molecular complexity index is 1760. The number of aliphatic carboxylic acids is 1. The van der Waals surface area contributed by atoms with E-state index in [2.05, 4.69) is 0 Å². The molecule has 7 nitrogen and oxygen atoms in total. The van der Waals surface area contributed by atoms with Crippen LogP contribution in [0.1, 0.15) is 68.9 Å². The minimum absolute atomic E-state index is 0.0774. The lowest BCUT2D eigenvalue weighted by Gasteiger charge is -2.14. The quantitative estimate of drug-likeness (QED) is 0.0660. The summed E-state index contributed by atoms with van der Waals surface area (Å²) in [6.45, 7) is 0.903. The number of carbonyl (C=O) groups is 2. The molecule has 1 amide bonds. The van der Waals surface area contributed by atoms with Gasteiger partial charge in [-0.05, 0) is 67.4 Å². The van der Waals surface area contributed by atoms with Gasteiger partial charge in [-0.3, -0.25) is 14.5 Å². The molecule has 0 bridgehead atoms. The van der Waals surface area contributed by atoms with Gasteiger partial charge in [0, 0.05) is 45.9 Å². The minimum Gasteiger partial charge on any atom is -0.489 e. The number of benzene rings is 3. The molecule has 0 radical (unpaired) electrons. The summed E-state index contributed by atoms with van der Waals surface area (Å²) in [6, 6.07) is 22.9. The Hall–Kier alpha value is -3.63. The molecule has 250 valence electrons. The fourth-order valence-corrected chi connectivity index (χ4v) is 7.14. The van der Waals surface area contributed by atoms with Crippen molar-refractivity contribution in [2.75, 3.05) is 6.54 Å². The second-order valence-electron chi connectivity index (χ2n) is 11.6. The van der Waals surface area contributed by atoms with Gasteiger partial charge >= 0.3 is 5.97 Å². The zero-order chi connectivity index (χ0) is 33.9. The van der Waals surface area contributed by atoms with Crippen LogP contribution in [0, 0.1) is 0 Å². The number of amides is 1. The minimum atomic E-state index is -0.724. The van der Waals surface area contributed by atoms with Gasteiger partial charge in [0.1, 0.15) is 16.7 Å². The summed E-state index contributed by atoms with van der Waals surface area (Å²) in [5, 5.41) is 14.8. The Morgan fingerprint density at radius 3 is 2.29 bits per heavy atom. The maximum absolute atomic E-state index is 13.5. The van der Waals surface area contributed by atoms with Crippen LogP contribution < -0.4 is 4.74 Å². The number of ether oxygens (including phenoxy) is 1. The van der Waals surface area contributed by atoms with Gasteiger partial charge in [-0.25, -0.2) is 4.68 Å². The number of carbonyl (C=O) groups excluding carboxylic acids is 1. The lowest BCUT2D eigenvalue weighted by atomic mass is 10.1. The van der Waals surface area contributed by atoms with E-state index in [9.17, 15) is 9.59 Å². The van der Waals surface area contributed by atoms with Gasteiger partial charge in [0.15, 0.2) is 0 Å². The number of unbranched alkanes of at least 4 members (excludes halogenated alkanes) is 7. The highest BCUT2D eigenvalue weighted by molar-refractivity contribution is 8.26. The zero-order valence-corrected chi connectivity index (χ0v) is 29.6. The fraction of sp³-hybridized carbons (Fsp3) is 0.297. The Morgan fingerprint density at radius 2 is 1.60 bits per heavy atom. The van der Waals surface area contributed by atoms with Crippen LogP contribution in [-0.4, -0.2) is 42.5 Å². The van der Waals surface area contributed by atoms with Crippen LogP contribution in [0.15, 0.2) is 83.9 Å². The van der Waals surface area contributed by atoms with Gasteiger partial charge in [0.25, 0.3) is 5.91 Å². The number of thioether (sulfide) groups is 1. The molecule has 0 atom stereocenters. The molecule has 1 aliphatic rings. The molecule has 1 aromatic heterocycles. The molecular formula is C37H37Cl2N3O4S2. The number of halogens is 2. The van der Waals surface area contributed by atoms with Crippen LogP contribution in [0.3, 0.4) is 0 Å². The molecule has 2 heterocycles. The summed E-state index contributed by atoms with van der Waals surface area (Å²) < 4.78 is 8.38. The predicted octanol–water partition coefficient (Wildman–Crippen LogP) is 10.2. The largest absolute Gasteiger partial charge is 0.489 e. The van der Waals surface area contributed by atoms with Crippen molar-refractivity contribution < 1.29 is 19.4 Å². The highest BCUT2D eigenvalue weighted by Gasteiger charge is 2.32. The van der Waals surface area contributed by atoms with E-state index in [4.69, 9.17) is 50.4 Å². The van der Waals surface area contributed by atoms with Gasteiger partial charge in [-0.15, -0.1) is 0 Å². The molecule has 0 saturated carbocycles. The highest BCUT2D eigenvalue weighted by atomic mass is 35.5. The third kappa shape index (κ3) is 9.95. The molecule has 4 aromatic rings. The Balaban J connectivity index is 1.23. The number of hydrogen-bond acceptors (Lipinski definition) is 6. The molecule has 1 aliphatic heterocycles. The van der Waals surface area contributed by atoms with E-state index in [-0.39, 0.29) is 12.3 Å². The summed E-state index contributed by atoms with van der Waals surface area (Å²) in [5.74, 6) is -0.116. The fourth-order valence-electron chi connectivity index (χ4n) is 5.38.